The van der Waals surface area contributed by atoms with Crippen molar-refractivity contribution < 1.29 is 43.4 Å². The van der Waals surface area contributed by atoms with Crippen molar-refractivity contribution in [2.45, 2.75) is 6.61 Å². The van der Waals surface area contributed by atoms with Crippen LogP contribution in [-0.4, -0.2) is 63.8 Å². The Morgan fingerprint density at radius 2 is 1.78 bits per heavy atom. The number of halogens is 1. The molecule has 0 aliphatic rings. The smallest absolute Gasteiger partial charge is 0.438 e. The van der Waals surface area contributed by atoms with Gasteiger partial charge in [0.15, 0.2) is 0 Å². The Labute approximate surface area is 217 Å². The van der Waals surface area contributed by atoms with E-state index in [1.807, 2.05) is 24.3 Å². The molecule has 0 spiro atoms. The summed E-state index contributed by atoms with van der Waals surface area (Å²) in [6.07, 6.45) is 0.566. The van der Waals surface area contributed by atoms with Gasteiger partial charge in [-0.25, -0.2) is 9.48 Å². The third-order valence-corrected chi connectivity index (χ3v) is 5.25. The third kappa shape index (κ3) is 10.2. The van der Waals surface area contributed by atoms with Gasteiger partial charge >= 0.3 is 19.7 Å². The topological polar surface area (TPSA) is 173 Å². The molecule has 1 amide bonds. The third-order valence-electron chi connectivity index (χ3n) is 4.36. The first kappa shape index (κ1) is 29.8. The quantitative estimate of drug-likeness (QED) is 0.213. The molecular weight excluding hydrogens is 531 g/mol. The number of hydrogen-bond acceptors (Lipinski definition) is 8. The summed E-state index contributed by atoms with van der Waals surface area (Å²) >= 11 is 5.91. The number of amides is 1. The van der Waals surface area contributed by atoms with Crippen LogP contribution in [0.2, 0.25) is 5.02 Å². The van der Waals surface area contributed by atoms with E-state index < -0.39 is 32.5 Å². The number of hydroxylamine groups is 1. The lowest BCUT2D eigenvalue weighted by Gasteiger charge is -2.20. The summed E-state index contributed by atoms with van der Waals surface area (Å²) in [5.74, 6) is -0.699. The number of benzene rings is 2. The number of nitrogens with zero attached hydrogens (tertiary/aromatic N) is 3. The number of methoxy groups -OCH3 is 1. The van der Waals surface area contributed by atoms with E-state index in [0.717, 1.165) is 16.3 Å². The minimum Gasteiger partial charge on any atom is -0.480 e. The van der Waals surface area contributed by atoms with Crippen LogP contribution in [-0.2, 0) is 25.5 Å². The molecule has 15 heteroatoms. The fraction of sp³-hybridized carbons (Fsp3) is 0.227. The van der Waals surface area contributed by atoms with Crippen molar-refractivity contribution in [1.29, 1.82) is 0 Å². The van der Waals surface area contributed by atoms with Gasteiger partial charge in [0.05, 0.1) is 38.4 Å². The van der Waals surface area contributed by atoms with Crippen molar-refractivity contribution in [3.63, 3.8) is 0 Å². The maximum atomic E-state index is 11.9. The van der Waals surface area contributed by atoms with Gasteiger partial charge in [-0.15, -0.1) is 5.10 Å². The Balaban J connectivity index is 0.000000410. The highest BCUT2D eigenvalue weighted by Gasteiger charge is 2.19. The molecule has 37 heavy (non-hydrogen) atoms. The molecule has 13 nitrogen and oxygen atoms in total. The van der Waals surface area contributed by atoms with Gasteiger partial charge < -0.3 is 24.4 Å². The van der Waals surface area contributed by atoms with E-state index in [1.54, 1.807) is 41.2 Å². The average Bonchev–Trinajstić information content (AvgIpc) is 3.32. The number of nitrogens with one attached hydrogen (secondary N) is 1. The van der Waals surface area contributed by atoms with Crippen LogP contribution >= 0.6 is 19.2 Å². The molecule has 0 aliphatic carbocycles. The Hall–Kier alpha value is -3.45. The molecule has 0 saturated carbocycles. The van der Waals surface area contributed by atoms with Gasteiger partial charge in [0.1, 0.15) is 6.61 Å². The second-order valence-corrected chi connectivity index (χ2v) is 9.16. The number of anilines is 1. The van der Waals surface area contributed by atoms with Crippen LogP contribution in [0.4, 0.5) is 10.5 Å². The summed E-state index contributed by atoms with van der Waals surface area (Å²) in [5.41, 5.74) is 2.14. The van der Waals surface area contributed by atoms with Crippen molar-refractivity contribution in [2.24, 2.45) is 0 Å². The van der Waals surface area contributed by atoms with Gasteiger partial charge in [-0.3, -0.25) is 19.5 Å². The second kappa shape index (κ2) is 14.3. The zero-order valence-electron chi connectivity index (χ0n) is 19.9. The highest BCUT2D eigenvalue weighted by molar-refractivity contribution is 7.51. The number of rotatable bonds is 10. The molecule has 0 bridgehead atoms. The highest BCUT2D eigenvalue weighted by Crippen LogP contribution is 2.31. The highest BCUT2D eigenvalue weighted by atomic mass is 35.5. The largest absolute Gasteiger partial charge is 0.480 e. The molecule has 0 radical (unpaired) electrons. The van der Waals surface area contributed by atoms with Gasteiger partial charge in [0.2, 0.25) is 5.88 Å². The van der Waals surface area contributed by atoms with Gasteiger partial charge in [-0.2, -0.15) is 5.06 Å². The number of aliphatic carboxylic acids is 1. The van der Waals surface area contributed by atoms with Crippen LogP contribution in [0.5, 0.6) is 5.88 Å². The monoisotopic (exact) mass is 556 g/mol. The fourth-order valence-electron chi connectivity index (χ4n) is 2.77. The number of carboxylic acid groups (broad SMARTS) is 1. The van der Waals surface area contributed by atoms with Crippen LogP contribution < -0.4 is 15.1 Å². The van der Waals surface area contributed by atoms with Crippen LogP contribution in [0.1, 0.15) is 5.56 Å². The summed E-state index contributed by atoms with van der Waals surface area (Å²) in [6, 6.07) is 16.3. The number of ether oxygens (including phenoxy) is 2. The molecule has 3 aromatic rings. The zero-order valence-corrected chi connectivity index (χ0v) is 21.5. The number of hydrogen-bond donors (Lipinski definition) is 4. The van der Waals surface area contributed by atoms with E-state index in [9.17, 15) is 14.2 Å². The molecule has 3 rings (SSSR count). The predicted octanol–water partition coefficient (Wildman–Crippen LogP) is 3.03. The van der Waals surface area contributed by atoms with Gasteiger partial charge in [0.25, 0.3) is 0 Å². The lowest BCUT2D eigenvalue weighted by molar-refractivity contribution is -0.135. The lowest BCUT2D eigenvalue weighted by Crippen LogP contribution is -2.30. The maximum absolute atomic E-state index is 11.9. The molecule has 0 unspecified atom stereocenters. The molecule has 1 aromatic heterocycles. The van der Waals surface area contributed by atoms with E-state index in [4.69, 9.17) is 40.8 Å². The number of carbonyl (C=O) groups is 2. The second-order valence-electron chi connectivity index (χ2n) is 7.08. The maximum Gasteiger partial charge on any atom is 0.438 e. The van der Waals surface area contributed by atoms with E-state index in [2.05, 4.69) is 10.4 Å². The fourth-order valence-corrected chi connectivity index (χ4v) is 3.30. The molecule has 0 atom stereocenters. The average molecular weight is 557 g/mol. The zero-order chi connectivity index (χ0) is 27.4. The summed E-state index contributed by atoms with van der Waals surface area (Å²) in [4.78, 5) is 43.1. The van der Waals surface area contributed by atoms with Gasteiger partial charge in [-0.1, -0.05) is 29.8 Å². The first-order valence-electron chi connectivity index (χ1n) is 10.5. The van der Waals surface area contributed by atoms with Crippen LogP contribution in [0.15, 0.2) is 60.8 Å². The van der Waals surface area contributed by atoms with Crippen molar-refractivity contribution in [3.8, 4) is 11.6 Å². The van der Waals surface area contributed by atoms with E-state index in [0.29, 0.717) is 16.6 Å². The summed E-state index contributed by atoms with van der Waals surface area (Å²) in [6.45, 7) is -0.240. The van der Waals surface area contributed by atoms with Crippen molar-refractivity contribution >= 4 is 36.9 Å². The van der Waals surface area contributed by atoms with Crippen molar-refractivity contribution in [3.05, 3.63) is 71.4 Å². The van der Waals surface area contributed by atoms with Crippen molar-refractivity contribution in [2.75, 3.05) is 32.1 Å². The number of para-hydroxylation sites is 1. The minimum atomic E-state index is -4.10. The Morgan fingerprint density at radius 1 is 1.11 bits per heavy atom. The summed E-state index contributed by atoms with van der Waals surface area (Å²) in [5, 5.41) is 16.2. The van der Waals surface area contributed by atoms with Crippen LogP contribution in [0.3, 0.4) is 0 Å². The number of carbonyl (C=O) groups excluding carboxylic acids is 1. The Kier molecular flexibility index (Phi) is 11.5. The SMILES string of the molecule is COC(=O)N(OC)c1ccccc1COc1ccn(-c2ccc(Cl)cc2)n1.O=C(O)CNCP(=O)(O)O. The van der Waals surface area contributed by atoms with E-state index >= 15 is 0 Å². The van der Waals surface area contributed by atoms with Crippen LogP contribution in [0, 0.1) is 0 Å². The Morgan fingerprint density at radius 3 is 2.38 bits per heavy atom. The minimum absolute atomic E-state index is 0.199. The molecular formula is C22H26ClN4O9P. The van der Waals surface area contributed by atoms with Crippen molar-refractivity contribution in [1.82, 2.24) is 15.1 Å². The number of carboxylic acids is 1. The molecule has 200 valence electrons. The molecule has 1 heterocycles. The first-order valence-corrected chi connectivity index (χ1v) is 12.6. The van der Waals surface area contributed by atoms with Gasteiger partial charge in [0, 0.05) is 22.8 Å². The van der Waals surface area contributed by atoms with E-state index in [1.165, 1.54) is 14.2 Å². The Bertz CT molecular complexity index is 1220. The molecule has 4 N–H and O–H groups in total. The molecule has 0 aliphatic heterocycles. The number of aromatic nitrogens is 2. The van der Waals surface area contributed by atoms with Gasteiger partial charge in [-0.05, 0) is 30.3 Å². The first-order chi connectivity index (χ1) is 17.5. The van der Waals surface area contributed by atoms with E-state index in [-0.39, 0.29) is 6.61 Å². The normalized spacial score (nSPS) is 10.7. The summed E-state index contributed by atoms with van der Waals surface area (Å²) < 4.78 is 22.2. The summed E-state index contributed by atoms with van der Waals surface area (Å²) in [7, 11) is -1.42. The molecule has 2 aromatic carbocycles. The van der Waals surface area contributed by atoms with Crippen LogP contribution in [0.25, 0.3) is 5.69 Å². The lowest BCUT2D eigenvalue weighted by atomic mass is 10.2. The molecule has 0 fully saturated rings. The predicted molar refractivity (Wildman–Crippen MR) is 134 cm³/mol. The molecule has 0 saturated heterocycles. The standard InChI is InChI=1S/C19H18ClN3O4.C3H8NO5P/c1-25-19(24)23(26-2)17-6-4-3-5-14(17)13-27-18-11-12-22(21-18)16-9-7-15(20)8-10-16;5-3(6)1-4-2-10(7,8)9/h3-12H,13H2,1-2H3;4H,1-2H2,(H,5,6)(H2,7,8,9).